The fourth-order valence-corrected chi connectivity index (χ4v) is 7.43. The number of aromatic nitrogens is 1. The van der Waals surface area contributed by atoms with Crippen molar-refractivity contribution >= 4 is 18.8 Å². The van der Waals surface area contributed by atoms with Crippen molar-refractivity contribution in [2.24, 2.45) is 5.41 Å². The lowest BCUT2D eigenvalue weighted by Crippen LogP contribution is -2.27. The maximum atomic E-state index is 7.14. The minimum absolute atomic E-state index is 0.0667. The van der Waals surface area contributed by atoms with Crippen molar-refractivity contribution in [2.75, 3.05) is 0 Å². The Hall–Kier alpha value is -2.74. The summed E-state index contributed by atoms with van der Waals surface area (Å²) in [5.41, 5.74) is 7.08. The first-order chi connectivity index (χ1) is 16.7. The van der Waals surface area contributed by atoms with Crippen LogP contribution in [-0.2, 0) is 10.9 Å². The fraction of sp³-hybridized carbons (Fsp3) is 0.323. The number of fused-ring (bicyclic) bond motifs is 1. The summed E-state index contributed by atoms with van der Waals surface area (Å²) in [6, 6.07) is 23.7. The maximum absolute atomic E-state index is 7.14. The SMILES string of the molecule is Cc1cc(C)cc(P(O[C@H]2CC(C)(C)Cc3oc(-c4ccccc4)nc32)c2cc(C)cc(C)c2)c1. The zero-order valence-corrected chi connectivity index (χ0v) is 22.4. The lowest BCUT2D eigenvalue weighted by atomic mass is 9.77. The molecular formula is C31H34NO2P. The molecule has 5 rings (SSSR count). The summed E-state index contributed by atoms with van der Waals surface area (Å²) in [5, 5.41) is 2.50. The van der Waals surface area contributed by atoms with Gasteiger partial charge in [-0.3, -0.25) is 0 Å². The highest BCUT2D eigenvalue weighted by Gasteiger charge is 2.39. The van der Waals surface area contributed by atoms with Gasteiger partial charge in [-0.05, 0) is 75.9 Å². The van der Waals surface area contributed by atoms with E-state index in [2.05, 4.69) is 90.1 Å². The molecule has 0 radical (unpaired) electrons. The summed E-state index contributed by atoms with van der Waals surface area (Å²) in [6.45, 7) is 13.3. The molecule has 0 saturated carbocycles. The smallest absolute Gasteiger partial charge is 0.226 e. The van der Waals surface area contributed by atoms with Gasteiger partial charge in [0.15, 0.2) is 0 Å². The molecular weight excluding hydrogens is 449 g/mol. The van der Waals surface area contributed by atoms with Gasteiger partial charge in [0.1, 0.15) is 17.6 Å². The van der Waals surface area contributed by atoms with Crippen LogP contribution in [-0.4, -0.2) is 4.98 Å². The van der Waals surface area contributed by atoms with E-state index in [0.717, 1.165) is 29.9 Å². The minimum atomic E-state index is -1.03. The van der Waals surface area contributed by atoms with Crippen LogP contribution in [0.15, 0.2) is 71.1 Å². The van der Waals surface area contributed by atoms with Crippen LogP contribution in [0.5, 0.6) is 0 Å². The van der Waals surface area contributed by atoms with Gasteiger partial charge in [0.25, 0.3) is 0 Å². The van der Waals surface area contributed by atoms with Crippen LogP contribution >= 0.6 is 8.15 Å². The van der Waals surface area contributed by atoms with E-state index in [9.17, 15) is 0 Å². The summed E-state index contributed by atoms with van der Waals surface area (Å²) in [6.07, 6.45) is 1.66. The van der Waals surface area contributed by atoms with Crippen molar-refractivity contribution in [3.8, 4) is 11.5 Å². The third-order valence-corrected chi connectivity index (χ3v) is 8.46. The van der Waals surface area contributed by atoms with Gasteiger partial charge < -0.3 is 8.94 Å². The molecule has 1 aliphatic rings. The molecule has 0 spiro atoms. The van der Waals surface area contributed by atoms with Gasteiger partial charge in [-0.15, -0.1) is 0 Å². The zero-order valence-electron chi connectivity index (χ0n) is 21.6. The lowest BCUT2D eigenvalue weighted by Gasteiger charge is -2.35. The van der Waals surface area contributed by atoms with E-state index in [1.54, 1.807) is 0 Å². The van der Waals surface area contributed by atoms with Gasteiger partial charge >= 0.3 is 0 Å². The van der Waals surface area contributed by atoms with Crippen molar-refractivity contribution < 1.29 is 8.94 Å². The number of benzene rings is 3. The number of aryl methyl sites for hydroxylation is 4. The Labute approximate surface area is 210 Å². The molecule has 1 aliphatic carbocycles. The van der Waals surface area contributed by atoms with Crippen LogP contribution in [0.3, 0.4) is 0 Å². The van der Waals surface area contributed by atoms with Gasteiger partial charge in [-0.1, -0.05) is 66.4 Å². The molecule has 0 unspecified atom stereocenters. The number of oxazole rings is 1. The molecule has 0 aliphatic heterocycles. The first-order valence-electron chi connectivity index (χ1n) is 12.4. The summed E-state index contributed by atoms with van der Waals surface area (Å²) in [7, 11) is -1.03. The average molecular weight is 484 g/mol. The van der Waals surface area contributed by atoms with Gasteiger partial charge in [0.05, 0.1) is 8.15 Å². The molecule has 0 N–H and O–H groups in total. The highest BCUT2D eigenvalue weighted by Crippen LogP contribution is 2.50. The lowest BCUT2D eigenvalue weighted by molar-refractivity contribution is 0.126. The summed E-state index contributed by atoms with van der Waals surface area (Å²) in [4.78, 5) is 5.00. The van der Waals surface area contributed by atoms with E-state index in [1.165, 1.54) is 32.9 Å². The Morgan fingerprint density at radius 3 is 1.91 bits per heavy atom. The molecule has 0 saturated heterocycles. The van der Waals surface area contributed by atoms with Crippen LogP contribution in [0.25, 0.3) is 11.5 Å². The second-order valence-corrected chi connectivity index (χ2v) is 12.7. The third kappa shape index (κ3) is 5.27. The normalized spacial score (nSPS) is 16.9. The topological polar surface area (TPSA) is 35.3 Å². The number of nitrogens with zero attached hydrogens (tertiary/aromatic N) is 1. The monoisotopic (exact) mass is 483 g/mol. The molecule has 4 heteroatoms. The number of hydrogen-bond donors (Lipinski definition) is 0. The van der Waals surface area contributed by atoms with E-state index in [1.807, 2.05) is 18.2 Å². The second-order valence-electron chi connectivity index (χ2n) is 10.8. The van der Waals surface area contributed by atoms with E-state index in [-0.39, 0.29) is 11.5 Å². The molecule has 4 aromatic rings. The fourth-order valence-electron chi connectivity index (χ4n) is 5.17. The Morgan fingerprint density at radius 2 is 1.37 bits per heavy atom. The first kappa shape index (κ1) is 24.0. The van der Waals surface area contributed by atoms with Crippen molar-refractivity contribution in [3.63, 3.8) is 0 Å². The van der Waals surface area contributed by atoms with E-state index >= 15 is 0 Å². The molecule has 0 bridgehead atoms. The Bertz CT molecular complexity index is 1260. The van der Waals surface area contributed by atoms with E-state index < -0.39 is 8.15 Å². The highest BCUT2D eigenvalue weighted by molar-refractivity contribution is 7.68. The average Bonchev–Trinajstić information content (AvgIpc) is 3.19. The molecule has 0 amide bonds. The third-order valence-electron chi connectivity index (χ3n) is 6.54. The number of rotatable bonds is 5. The number of hydrogen-bond acceptors (Lipinski definition) is 3. The summed E-state index contributed by atoms with van der Waals surface area (Å²) < 4.78 is 13.5. The van der Waals surface area contributed by atoms with Crippen LogP contribution in [0.2, 0.25) is 0 Å². The largest absolute Gasteiger partial charge is 0.441 e. The molecule has 0 fully saturated rings. The highest BCUT2D eigenvalue weighted by atomic mass is 31.1. The van der Waals surface area contributed by atoms with Gasteiger partial charge in [-0.25, -0.2) is 4.98 Å². The van der Waals surface area contributed by atoms with Crippen LogP contribution in [0, 0.1) is 33.1 Å². The first-order valence-corrected chi connectivity index (χ1v) is 13.6. The Morgan fingerprint density at radius 1 is 0.829 bits per heavy atom. The van der Waals surface area contributed by atoms with Crippen LogP contribution in [0.1, 0.15) is 60.1 Å². The molecule has 1 heterocycles. The molecule has 3 nitrogen and oxygen atoms in total. The summed E-state index contributed by atoms with van der Waals surface area (Å²) in [5.74, 6) is 1.64. The molecule has 35 heavy (non-hydrogen) atoms. The van der Waals surface area contributed by atoms with Gasteiger partial charge in [0, 0.05) is 22.6 Å². The quantitative estimate of drug-likeness (QED) is 0.273. The Balaban J connectivity index is 1.59. The van der Waals surface area contributed by atoms with Gasteiger partial charge in [0.2, 0.25) is 5.89 Å². The molecule has 180 valence electrons. The predicted octanol–water partition coefficient (Wildman–Crippen LogP) is 7.65. The van der Waals surface area contributed by atoms with E-state index in [4.69, 9.17) is 13.9 Å². The minimum Gasteiger partial charge on any atom is -0.441 e. The molecule has 1 aromatic heterocycles. The van der Waals surface area contributed by atoms with Crippen molar-refractivity contribution in [1.29, 1.82) is 0 Å². The molecule has 1 atom stereocenters. The van der Waals surface area contributed by atoms with Crippen molar-refractivity contribution in [2.45, 2.75) is 60.5 Å². The standard InChI is InChI=1S/C31H34NO2P/c1-20-12-21(2)15-25(14-20)35(26-16-22(3)13-23(4)17-26)34-28-19-31(5,6)18-27-29(28)32-30(33-27)24-10-8-7-9-11-24/h7-17,28H,18-19H2,1-6H3/t28-/m0/s1. The molecule has 3 aromatic carbocycles. The summed E-state index contributed by atoms with van der Waals surface area (Å²) >= 11 is 0. The van der Waals surface area contributed by atoms with Crippen molar-refractivity contribution in [1.82, 2.24) is 4.98 Å². The van der Waals surface area contributed by atoms with Gasteiger partial charge in [-0.2, -0.15) is 0 Å². The maximum Gasteiger partial charge on any atom is 0.226 e. The predicted molar refractivity (Wildman–Crippen MR) is 146 cm³/mol. The second kappa shape index (κ2) is 9.37. The van der Waals surface area contributed by atoms with E-state index in [0.29, 0.717) is 5.89 Å². The van der Waals surface area contributed by atoms with Crippen LogP contribution in [0.4, 0.5) is 0 Å². The zero-order chi connectivity index (χ0) is 24.7. The van der Waals surface area contributed by atoms with Crippen molar-refractivity contribution in [3.05, 3.63) is 100 Å². The Kier molecular flexibility index (Phi) is 6.42. The van der Waals surface area contributed by atoms with Crippen LogP contribution < -0.4 is 10.6 Å².